The summed E-state index contributed by atoms with van der Waals surface area (Å²) in [5.41, 5.74) is 6.02. The standard InChI is InChI=1S/C22H18N2O2/c1-25-17-7-3-15(4-8-17)19-11-12-20(22-21(19)23-13-14-24-22)16-5-9-18(26-2)10-6-16/h3-14H,1-2H3. The van der Waals surface area contributed by atoms with Gasteiger partial charge in [0, 0.05) is 23.5 Å². The smallest absolute Gasteiger partial charge is 0.118 e. The van der Waals surface area contributed by atoms with Crippen LogP contribution in [0.1, 0.15) is 0 Å². The second kappa shape index (κ2) is 6.84. The summed E-state index contributed by atoms with van der Waals surface area (Å²) in [6.07, 6.45) is 3.46. The van der Waals surface area contributed by atoms with Crippen LogP contribution in [0.5, 0.6) is 11.5 Å². The van der Waals surface area contributed by atoms with Crippen LogP contribution in [0.4, 0.5) is 0 Å². The van der Waals surface area contributed by atoms with Crippen LogP contribution < -0.4 is 9.47 Å². The zero-order valence-corrected chi connectivity index (χ0v) is 14.6. The molecule has 4 rings (SSSR count). The fourth-order valence-corrected chi connectivity index (χ4v) is 3.06. The van der Waals surface area contributed by atoms with Crippen LogP contribution in [0.25, 0.3) is 33.3 Å². The van der Waals surface area contributed by atoms with Gasteiger partial charge < -0.3 is 9.47 Å². The molecule has 1 heterocycles. The lowest BCUT2D eigenvalue weighted by atomic mass is 9.97. The first-order valence-electron chi connectivity index (χ1n) is 8.33. The Morgan fingerprint density at radius 1 is 0.538 bits per heavy atom. The number of hydrogen-bond acceptors (Lipinski definition) is 4. The Kier molecular flexibility index (Phi) is 4.23. The third-order valence-electron chi connectivity index (χ3n) is 4.43. The topological polar surface area (TPSA) is 44.2 Å². The molecule has 0 unspecified atom stereocenters. The van der Waals surface area contributed by atoms with Crippen molar-refractivity contribution in [2.75, 3.05) is 14.2 Å². The molecule has 26 heavy (non-hydrogen) atoms. The van der Waals surface area contributed by atoms with Crippen molar-refractivity contribution in [3.63, 3.8) is 0 Å². The van der Waals surface area contributed by atoms with Gasteiger partial charge in [0.2, 0.25) is 0 Å². The number of nitrogens with zero attached hydrogens (tertiary/aromatic N) is 2. The number of methoxy groups -OCH3 is 2. The Labute approximate surface area is 152 Å². The van der Waals surface area contributed by atoms with E-state index in [1.54, 1.807) is 26.6 Å². The van der Waals surface area contributed by atoms with Gasteiger partial charge in [0.05, 0.1) is 25.3 Å². The Morgan fingerprint density at radius 3 is 1.27 bits per heavy atom. The van der Waals surface area contributed by atoms with Crippen LogP contribution in [-0.2, 0) is 0 Å². The molecule has 0 aliphatic carbocycles. The fraction of sp³-hybridized carbons (Fsp3) is 0.0909. The molecule has 4 aromatic rings. The highest BCUT2D eigenvalue weighted by Crippen LogP contribution is 2.34. The minimum absolute atomic E-state index is 0.832. The van der Waals surface area contributed by atoms with Crippen LogP contribution >= 0.6 is 0 Å². The van der Waals surface area contributed by atoms with Crippen LogP contribution in [-0.4, -0.2) is 24.2 Å². The lowest BCUT2D eigenvalue weighted by Gasteiger charge is -2.11. The second-order valence-electron chi connectivity index (χ2n) is 5.87. The van der Waals surface area contributed by atoms with Gasteiger partial charge in [-0.25, -0.2) is 0 Å². The molecule has 0 N–H and O–H groups in total. The zero-order chi connectivity index (χ0) is 17.9. The molecule has 0 aliphatic rings. The van der Waals surface area contributed by atoms with E-state index < -0.39 is 0 Å². The van der Waals surface area contributed by atoms with Gasteiger partial charge in [0.15, 0.2) is 0 Å². The van der Waals surface area contributed by atoms with Gasteiger partial charge >= 0.3 is 0 Å². The van der Waals surface area contributed by atoms with E-state index in [1.165, 1.54) is 0 Å². The monoisotopic (exact) mass is 342 g/mol. The minimum atomic E-state index is 0.832. The first-order valence-corrected chi connectivity index (χ1v) is 8.33. The number of aromatic nitrogens is 2. The molecular weight excluding hydrogens is 324 g/mol. The lowest BCUT2D eigenvalue weighted by molar-refractivity contribution is 0.415. The fourth-order valence-electron chi connectivity index (χ4n) is 3.06. The van der Waals surface area contributed by atoms with Gasteiger partial charge in [0.1, 0.15) is 11.5 Å². The summed E-state index contributed by atoms with van der Waals surface area (Å²) < 4.78 is 10.5. The van der Waals surface area contributed by atoms with Crippen molar-refractivity contribution in [2.45, 2.75) is 0 Å². The minimum Gasteiger partial charge on any atom is -0.497 e. The molecule has 3 aromatic carbocycles. The summed E-state index contributed by atoms with van der Waals surface area (Å²) in [5, 5.41) is 0. The summed E-state index contributed by atoms with van der Waals surface area (Å²) >= 11 is 0. The Hall–Kier alpha value is -3.40. The van der Waals surface area contributed by atoms with Crippen LogP contribution in [0.15, 0.2) is 73.1 Å². The maximum Gasteiger partial charge on any atom is 0.118 e. The van der Waals surface area contributed by atoms with Crippen molar-refractivity contribution in [2.24, 2.45) is 0 Å². The van der Waals surface area contributed by atoms with Crippen molar-refractivity contribution in [3.8, 4) is 33.8 Å². The maximum atomic E-state index is 5.25. The Bertz CT molecular complexity index is 956. The molecule has 128 valence electrons. The molecule has 0 saturated heterocycles. The van der Waals surface area contributed by atoms with Crippen molar-refractivity contribution >= 4 is 11.0 Å². The highest BCUT2D eigenvalue weighted by molar-refractivity contribution is 6.00. The number of benzene rings is 3. The molecule has 0 radical (unpaired) electrons. The van der Waals surface area contributed by atoms with Gasteiger partial charge in [-0.3, -0.25) is 9.97 Å². The average molecular weight is 342 g/mol. The second-order valence-corrected chi connectivity index (χ2v) is 5.87. The molecule has 0 fully saturated rings. The molecule has 0 bridgehead atoms. The normalized spacial score (nSPS) is 10.7. The molecular formula is C22H18N2O2. The molecule has 0 amide bonds. The third-order valence-corrected chi connectivity index (χ3v) is 4.43. The van der Waals surface area contributed by atoms with E-state index in [-0.39, 0.29) is 0 Å². The lowest BCUT2D eigenvalue weighted by Crippen LogP contribution is -1.91. The molecule has 0 aliphatic heterocycles. The molecule has 4 heteroatoms. The van der Waals surface area contributed by atoms with E-state index in [0.29, 0.717) is 0 Å². The largest absolute Gasteiger partial charge is 0.497 e. The van der Waals surface area contributed by atoms with E-state index in [0.717, 1.165) is 44.8 Å². The zero-order valence-electron chi connectivity index (χ0n) is 14.6. The number of rotatable bonds is 4. The van der Waals surface area contributed by atoms with Crippen LogP contribution in [0, 0.1) is 0 Å². The summed E-state index contributed by atoms with van der Waals surface area (Å²) in [6, 6.07) is 20.2. The SMILES string of the molecule is COc1ccc(-c2ccc(-c3ccc(OC)cc3)c3nccnc23)cc1. The van der Waals surface area contributed by atoms with Gasteiger partial charge in [-0.2, -0.15) is 0 Å². The van der Waals surface area contributed by atoms with Crippen LogP contribution in [0.3, 0.4) is 0 Å². The predicted octanol–water partition coefficient (Wildman–Crippen LogP) is 4.98. The molecule has 0 spiro atoms. The highest BCUT2D eigenvalue weighted by Gasteiger charge is 2.12. The van der Waals surface area contributed by atoms with Crippen LogP contribution in [0.2, 0.25) is 0 Å². The van der Waals surface area contributed by atoms with E-state index in [2.05, 4.69) is 22.1 Å². The maximum absolute atomic E-state index is 5.25. The predicted molar refractivity (Wildman–Crippen MR) is 104 cm³/mol. The number of ether oxygens (including phenoxy) is 2. The van der Waals surface area contributed by atoms with Gasteiger partial charge in [-0.05, 0) is 35.4 Å². The van der Waals surface area contributed by atoms with E-state index in [1.807, 2.05) is 48.5 Å². The Balaban J connectivity index is 1.87. The van der Waals surface area contributed by atoms with E-state index in [4.69, 9.17) is 9.47 Å². The van der Waals surface area contributed by atoms with Crippen molar-refractivity contribution in [1.82, 2.24) is 9.97 Å². The summed E-state index contributed by atoms with van der Waals surface area (Å²) in [6.45, 7) is 0. The highest BCUT2D eigenvalue weighted by atomic mass is 16.5. The first-order chi connectivity index (χ1) is 12.8. The number of hydrogen-bond donors (Lipinski definition) is 0. The Morgan fingerprint density at radius 2 is 0.923 bits per heavy atom. The molecule has 0 atom stereocenters. The van der Waals surface area contributed by atoms with Crippen molar-refractivity contribution in [3.05, 3.63) is 73.1 Å². The number of fused-ring (bicyclic) bond motifs is 1. The first kappa shape index (κ1) is 16.1. The third kappa shape index (κ3) is 2.86. The van der Waals surface area contributed by atoms with Gasteiger partial charge in [-0.15, -0.1) is 0 Å². The van der Waals surface area contributed by atoms with Crippen molar-refractivity contribution < 1.29 is 9.47 Å². The average Bonchev–Trinajstić information content (AvgIpc) is 2.73. The summed E-state index contributed by atoms with van der Waals surface area (Å²) in [4.78, 5) is 9.20. The van der Waals surface area contributed by atoms with Gasteiger partial charge in [-0.1, -0.05) is 36.4 Å². The van der Waals surface area contributed by atoms with Crippen molar-refractivity contribution in [1.29, 1.82) is 0 Å². The van der Waals surface area contributed by atoms with Gasteiger partial charge in [0.25, 0.3) is 0 Å². The molecule has 0 saturated carbocycles. The molecule has 1 aromatic heterocycles. The van der Waals surface area contributed by atoms with E-state index in [9.17, 15) is 0 Å². The van der Waals surface area contributed by atoms with E-state index >= 15 is 0 Å². The summed E-state index contributed by atoms with van der Waals surface area (Å²) in [7, 11) is 3.33. The quantitative estimate of drug-likeness (QED) is 0.524. The molecule has 4 nitrogen and oxygen atoms in total. The summed E-state index contributed by atoms with van der Waals surface area (Å²) in [5.74, 6) is 1.66.